The number of aliphatic hydroxyl groups is 1. The fourth-order valence-electron chi connectivity index (χ4n) is 3.18. The Bertz CT molecular complexity index is 431. The van der Waals surface area contributed by atoms with Crippen molar-refractivity contribution in [1.82, 2.24) is 4.90 Å². The van der Waals surface area contributed by atoms with Crippen molar-refractivity contribution in [2.45, 2.75) is 50.8 Å². The van der Waals surface area contributed by atoms with Crippen LogP contribution in [0.15, 0.2) is 24.3 Å². The Morgan fingerprint density at radius 2 is 2.05 bits per heavy atom. The highest BCUT2D eigenvalue weighted by atomic mass is 16.5. The molecule has 0 saturated heterocycles. The fraction of sp³-hybridized carbons (Fsp3) is 0.647. The molecule has 118 valence electrons. The quantitative estimate of drug-likeness (QED) is 0.845. The van der Waals surface area contributed by atoms with E-state index in [1.54, 1.807) is 7.11 Å². The summed E-state index contributed by atoms with van der Waals surface area (Å²) in [5.41, 5.74) is 6.90. The third-order valence-corrected chi connectivity index (χ3v) is 4.55. The van der Waals surface area contributed by atoms with Crippen LogP contribution in [0.1, 0.15) is 44.3 Å². The average Bonchev–Trinajstić information content (AvgIpc) is 2.53. The van der Waals surface area contributed by atoms with Crippen LogP contribution in [-0.2, 0) is 0 Å². The van der Waals surface area contributed by atoms with Gasteiger partial charge in [-0.15, -0.1) is 0 Å². The van der Waals surface area contributed by atoms with E-state index in [0.29, 0.717) is 18.6 Å². The van der Waals surface area contributed by atoms with Gasteiger partial charge in [0.1, 0.15) is 5.75 Å². The second kappa shape index (κ2) is 7.78. The standard InChI is InChI=1S/C17H28N2O2/c1-3-19(15-9-7-14(18)8-10-15)12-17(20)13-5-4-6-16(11-13)21-2/h4-6,11,14-15,17,20H,3,7-10,12,18H2,1-2H3. The van der Waals surface area contributed by atoms with Crippen molar-refractivity contribution in [3.8, 4) is 5.75 Å². The lowest BCUT2D eigenvalue weighted by Gasteiger charge is -2.36. The number of likely N-dealkylation sites (N-methyl/N-ethyl adjacent to an activating group) is 1. The van der Waals surface area contributed by atoms with E-state index in [2.05, 4.69) is 11.8 Å². The first-order chi connectivity index (χ1) is 10.1. The van der Waals surface area contributed by atoms with E-state index < -0.39 is 6.10 Å². The maximum absolute atomic E-state index is 10.5. The number of ether oxygens (including phenoxy) is 1. The highest BCUT2D eigenvalue weighted by Gasteiger charge is 2.25. The fourth-order valence-corrected chi connectivity index (χ4v) is 3.18. The lowest BCUT2D eigenvalue weighted by atomic mass is 9.90. The monoisotopic (exact) mass is 292 g/mol. The van der Waals surface area contributed by atoms with Gasteiger partial charge in [-0.3, -0.25) is 4.90 Å². The first kappa shape index (κ1) is 16.3. The van der Waals surface area contributed by atoms with Gasteiger partial charge in [0.15, 0.2) is 0 Å². The van der Waals surface area contributed by atoms with Crippen molar-refractivity contribution in [3.05, 3.63) is 29.8 Å². The summed E-state index contributed by atoms with van der Waals surface area (Å²) in [4.78, 5) is 2.38. The largest absolute Gasteiger partial charge is 0.497 e. The van der Waals surface area contributed by atoms with Gasteiger partial charge in [-0.2, -0.15) is 0 Å². The van der Waals surface area contributed by atoms with Crippen LogP contribution in [0.4, 0.5) is 0 Å². The van der Waals surface area contributed by atoms with Gasteiger partial charge in [0.2, 0.25) is 0 Å². The Morgan fingerprint density at radius 1 is 1.33 bits per heavy atom. The topological polar surface area (TPSA) is 58.7 Å². The third kappa shape index (κ3) is 4.43. The van der Waals surface area contributed by atoms with Crippen LogP contribution in [0.5, 0.6) is 5.75 Å². The SMILES string of the molecule is CCN(CC(O)c1cccc(OC)c1)C1CCC(N)CC1. The number of rotatable bonds is 6. The van der Waals surface area contributed by atoms with Gasteiger partial charge in [-0.25, -0.2) is 0 Å². The van der Waals surface area contributed by atoms with Crippen LogP contribution in [0.3, 0.4) is 0 Å². The molecule has 21 heavy (non-hydrogen) atoms. The lowest BCUT2D eigenvalue weighted by Crippen LogP contribution is -2.42. The number of nitrogens with two attached hydrogens (primary N) is 1. The van der Waals surface area contributed by atoms with Crippen LogP contribution < -0.4 is 10.5 Å². The van der Waals surface area contributed by atoms with E-state index in [-0.39, 0.29) is 0 Å². The molecule has 0 aliphatic heterocycles. The molecule has 0 amide bonds. The predicted octanol–water partition coefficient (Wildman–Crippen LogP) is 2.32. The first-order valence-corrected chi connectivity index (χ1v) is 7.95. The summed E-state index contributed by atoms with van der Waals surface area (Å²) >= 11 is 0. The van der Waals surface area contributed by atoms with Gasteiger partial charge in [0.25, 0.3) is 0 Å². The minimum Gasteiger partial charge on any atom is -0.497 e. The van der Waals surface area contributed by atoms with E-state index >= 15 is 0 Å². The molecule has 1 unspecified atom stereocenters. The molecular weight excluding hydrogens is 264 g/mol. The summed E-state index contributed by atoms with van der Waals surface area (Å²) in [7, 11) is 1.65. The molecule has 0 bridgehead atoms. The van der Waals surface area contributed by atoms with E-state index in [1.165, 1.54) is 0 Å². The molecule has 1 saturated carbocycles. The molecule has 1 aliphatic carbocycles. The number of benzene rings is 1. The van der Waals surface area contributed by atoms with E-state index in [1.807, 2.05) is 24.3 Å². The zero-order chi connectivity index (χ0) is 15.2. The van der Waals surface area contributed by atoms with Crippen molar-refractivity contribution in [2.24, 2.45) is 5.73 Å². The number of nitrogens with zero attached hydrogens (tertiary/aromatic N) is 1. The second-order valence-corrected chi connectivity index (χ2v) is 5.95. The van der Waals surface area contributed by atoms with Gasteiger partial charge >= 0.3 is 0 Å². The van der Waals surface area contributed by atoms with Gasteiger partial charge in [0, 0.05) is 18.6 Å². The number of methoxy groups -OCH3 is 1. The van der Waals surface area contributed by atoms with Crippen molar-refractivity contribution >= 4 is 0 Å². The van der Waals surface area contributed by atoms with Crippen LogP contribution >= 0.6 is 0 Å². The normalized spacial score (nSPS) is 24.0. The van der Waals surface area contributed by atoms with Crippen molar-refractivity contribution in [1.29, 1.82) is 0 Å². The Hall–Kier alpha value is -1.10. The molecule has 0 aromatic heterocycles. The number of aliphatic hydroxyl groups excluding tert-OH is 1. The zero-order valence-electron chi connectivity index (χ0n) is 13.2. The number of hydrogen-bond acceptors (Lipinski definition) is 4. The van der Waals surface area contributed by atoms with Crippen molar-refractivity contribution in [2.75, 3.05) is 20.2 Å². The summed E-state index contributed by atoms with van der Waals surface area (Å²) in [5, 5.41) is 10.5. The van der Waals surface area contributed by atoms with Gasteiger partial charge in [0.05, 0.1) is 13.2 Å². The smallest absolute Gasteiger partial charge is 0.119 e. The Labute approximate surface area is 127 Å². The van der Waals surface area contributed by atoms with Crippen LogP contribution in [-0.4, -0.2) is 42.3 Å². The maximum Gasteiger partial charge on any atom is 0.119 e. The minimum absolute atomic E-state index is 0.364. The molecule has 1 aliphatic rings. The maximum atomic E-state index is 10.5. The molecule has 1 aromatic rings. The van der Waals surface area contributed by atoms with Crippen molar-refractivity contribution in [3.63, 3.8) is 0 Å². The van der Waals surface area contributed by atoms with Crippen LogP contribution in [0, 0.1) is 0 Å². The molecule has 2 rings (SSSR count). The predicted molar refractivity (Wildman–Crippen MR) is 85.4 cm³/mol. The Morgan fingerprint density at radius 3 is 2.67 bits per heavy atom. The zero-order valence-corrected chi connectivity index (χ0v) is 13.2. The highest BCUT2D eigenvalue weighted by molar-refractivity contribution is 5.29. The average molecular weight is 292 g/mol. The summed E-state index contributed by atoms with van der Waals surface area (Å²) in [6, 6.07) is 8.61. The summed E-state index contributed by atoms with van der Waals surface area (Å²) in [5.74, 6) is 0.790. The first-order valence-electron chi connectivity index (χ1n) is 7.95. The van der Waals surface area contributed by atoms with Crippen molar-refractivity contribution < 1.29 is 9.84 Å². The molecule has 0 spiro atoms. The van der Waals surface area contributed by atoms with E-state index in [4.69, 9.17) is 10.5 Å². The Kier molecular flexibility index (Phi) is 6.03. The molecule has 4 heteroatoms. The van der Waals surface area contributed by atoms with Crippen LogP contribution in [0.25, 0.3) is 0 Å². The van der Waals surface area contributed by atoms with Gasteiger partial charge in [-0.05, 0) is 49.9 Å². The molecule has 4 nitrogen and oxygen atoms in total. The number of hydrogen-bond donors (Lipinski definition) is 2. The molecule has 3 N–H and O–H groups in total. The molecule has 1 fully saturated rings. The third-order valence-electron chi connectivity index (χ3n) is 4.55. The van der Waals surface area contributed by atoms with Gasteiger partial charge < -0.3 is 15.6 Å². The molecule has 1 atom stereocenters. The molecule has 0 heterocycles. The van der Waals surface area contributed by atoms with Gasteiger partial charge in [-0.1, -0.05) is 19.1 Å². The van der Waals surface area contributed by atoms with E-state index in [0.717, 1.165) is 43.5 Å². The minimum atomic E-state index is -0.476. The second-order valence-electron chi connectivity index (χ2n) is 5.95. The molecule has 0 radical (unpaired) electrons. The summed E-state index contributed by atoms with van der Waals surface area (Å²) in [6.07, 6.45) is 3.99. The molecular formula is C17H28N2O2. The lowest BCUT2D eigenvalue weighted by molar-refractivity contribution is 0.0745. The van der Waals surface area contributed by atoms with E-state index in [9.17, 15) is 5.11 Å². The van der Waals surface area contributed by atoms with Crippen LogP contribution in [0.2, 0.25) is 0 Å². The highest BCUT2D eigenvalue weighted by Crippen LogP contribution is 2.25. The summed E-state index contributed by atoms with van der Waals surface area (Å²) < 4.78 is 5.23. The summed E-state index contributed by atoms with van der Waals surface area (Å²) in [6.45, 7) is 3.79. The molecule has 1 aromatic carbocycles. The Balaban J connectivity index is 1.97.